The quantitative estimate of drug-likeness (QED) is 0.850. The highest BCUT2D eigenvalue weighted by molar-refractivity contribution is 5.87. The molecular formula is C18H29N5O2. The van der Waals surface area contributed by atoms with E-state index in [1.54, 1.807) is 13.1 Å². The minimum Gasteiger partial charge on any atom is -0.363 e. The van der Waals surface area contributed by atoms with Crippen molar-refractivity contribution in [3.05, 3.63) is 23.9 Å². The fraction of sp³-hybridized carbons (Fsp3) is 0.611. The maximum absolute atomic E-state index is 12.5. The highest BCUT2D eigenvalue weighted by Crippen LogP contribution is 2.17. The third-order valence-electron chi connectivity index (χ3n) is 4.52. The molecule has 2 atom stereocenters. The van der Waals surface area contributed by atoms with Crippen molar-refractivity contribution in [2.45, 2.75) is 51.7 Å². The molecule has 138 valence electrons. The Morgan fingerprint density at radius 2 is 2.12 bits per heavy atom. The van der Waals surface area contributed by atoms with Crippen LogP contribution < -0.4 is 15.5 Å². The van der Waals surface area contributed by atoms with Crippen LogP contribution in [0, 0.1) is 0 Å². The molecule has 0 spiro atoms. The van der Waals surface area contributed by atoms with E-state index in [1.165, 1.54) is 0 Å². The fourth-order valence-corrected chi connectivity index (χ4v) is 2.95. The number of pyridine rings is 1. The molecule has 0 aromatic carbocycles. The summed E-state index contributed by atoms with van der Waals surface area (Å²) in [7, 11) is 3.85. The molecule has 2 unspecified atom stereocenters. The van der Waals surface area contributed by atoms with Crippen molar-refractivity contribution in [3.8, 4) is 0 Å². The Hall–Kier alpha value is -2.31. The number of aromatic nitrogens is 1. The Labute approximate surface area is 149 Å². The van der Waals surface area contributed by atoms with Gasteiger partial charge in [0.2, 0.25) is 5.91 Å². The summed E-state index contributed by atoms with van der Waals surface area (Å²) in [5.41, 5.74) is 0.907. The molecule has 7 nitrogen and oxygen atoms in total. The molecule has 0 radical (unpaired) electrons. The van der Waals surface area contributed by atoms with Crippen molar-refractivity contribution < 1.29 is 9.59 Å². The van der Waals surface area contributed by atoms with Gasteiger partial charge in [0.25, 0.3) is 0 Å². The number of hydrogen-bond donors (Lipinski definition) is 2. The Morgan fingerprint density at radius 3 is 2.72 bits per heavy atom. The average Bonchev–Trinajstić information content (AvgIpc) is 2.60. The summed E-state index contributed by atoms with van der Waals surface area (Å²) in [6.07, 6.45) is 4.96. The Balaban J connectivity index is 1.79. The van der Waals surface area contributed by atoms with Gasteiger partial charge in [-0.25, -0.2) is 9.78 Å². The number of anilines is 1. The molecule has 0 saturated carbocycles. The largest absolute Gasteiger partial charge is 0.363 e. The molecule has 25 heavy (non-hydrogen) atoms. The van der Waals surface area contributed by atoms with Crippen LogP contribution in [-0.4, -0.2) is 54.5 Å². The van der Waals surface area contributed by atoms with Crippen LogP contribution in [0.5, 0.6) is 0 Å². The van der Waals surface area contributed by atoms with Crippen LogP contribution in [0.4, 0.5) is 10.6 Å². The van der Waals surface area contributed by atoms with E-state index in [-0.39, 0.29) is 18.0 Å². The van der Waals surface area contributed by atoms with E-state index in [9.17, 15) is 9.59 Å². The molecule has 2 rings (SSSR count). The molecular weight excluding hydrogens is 318 g/mol. The van der Waals surface area contributed by atoms with Crippen LogP contribution >= 0.6 is 0 Å². The molecule has 1 saturated heterocycles. The zero-order chi connectivity index (χ0) is 18.4. The van der Waals surface area contributed by atoms with Gasteiger partial charge in [0.1, 0.15) is 11.9 Å². The molecule has 1 aromatic heterocycles. The number of nitrogens with zero attached hydrogens (tertiary/aromatic N) is 3. The lowest BCUT2D eigenvalue weighted by atomic mass is 10.0. The summed E-state index contributed by atoms with van der Waals surface area (Å²) in [5.74, 6) is 0.849. The molecule has 3 amide bonds. The molecule has 7 heteroatoms. The Morgan fingerprint density at radius 1 is 1.36 bits per heavy atom. The summed E-state index contributed by atoms with van der Waals surface area (Å²) in [4.78, 5) is 32.6. The molecule has 2 heterocycles. The minimum absolute atomic E-state index is 0.0145. The van der Waals surface area contributed by atoms with Crippen LogP contribution in [-0.2, 0) is 11.3 Å². The first-order valence-electron chi connectivity index (χ1n) is 8.85. The smallest absolute Gasteiger partial charge is 0.315 e. The first kappa shape index (κ1) is 19.0. The van der Waals surface area contributed by atoms with Crippen LogP contribution in [0.2, 0.25) is 0 Å². The van der Waals surface area contributed by atoms with Gasteiger partial charge in [-0.15, -0.1) is 0 Å². The van der Waals surface area contributed by atoms with E-state index in [4.69, 9.17) is 0 Å². The van der Waals surface area contributed by atoms with Crippen molar-refractivity contribution in [2.24, 2.45) is 0 Å². The first-order valence-corrected chi connectivity index (χ1v) is 8.85. The summed E-state index contributed by atoms with van der Waals surface area (Å²) < 4.78 is 0. The van der Waals surface area contributed by atoms with E-state index in [0.29, 0.717) is 6.54 Å². The number of urea groups is 1. The van der Waals surface area contributed by atoms with E-state index < -0.39 is 6.04 Å². The number of likely N-dealkylation sites (tertiary alicyclic amines) is 1. The van der Waals surface area contributed by atoms with Crippen LogP contribution in [0.25, 0.3) is 0 Å². The van der Waals surface area contributed by atoms with Crippen molar-refractivity contribution in [1.29, 1.82) is 0 Å². The van der Waals surface area contributed by atoms with Gasteiger partial charge >= 0.3 is 6.03 Å². The predicted octanol–water partition coefficient (Wildman–Crippen LogP) is 1.74. The number of rotatable bonds is 5. The van der Waals surface area contributed by atoms with Gasteiger partial charge in [-0.2, -0.15) is 0 Å². The lowest BCUT2D eigenvalue weighted by Crippen LogP contribution is -2.53. The molecule has 0 aliphatic carbocycles. The minimum atomic E-state index is -0.533. The highest BCUT2D eigenvalue weighted by atomic mass is 16.2. The number of piperidine rings is 1. The van der Waals surface area contributed by atoms with Gasteiger partial charge in [-0.3, -0.25) is 4.79 Å². The number of amides is 3. The van der Waals surface area contributed by atoms with E-state index in [1.807, 2.05) is 36.0 Å². The van der Waals surface area contributed by atoms with Crippen LogP contribution in [0.15, 0.2) is 18.3 Å². The maximum Gasteiger partial charge on any atom is 0.315 e. The number of hydrogen-bond acceptors (Lipinski definition) is 4. The van der Waals surface area contributed by atoms with Crippen molar-refractivity contribution in [1.82, 2.24) is 20.5 Å². The van der Waals surface area contributed by atoms with Gasteiger partial charge in [0.05, 0.1) is 0 Å². The number of carbonyl (C=O) groups is 2. The van der Waals surface area contributed by atoms with E-state index >= 15 is 0 Å². The SMILES string of the molecule is CC(NC(=O)NCc1ccc(N(C)C)nc1)C(=O)N1CCCCC1C. The predicted molar refractivity (Wildman–Crippen MR) is 98.4 cm³/mol. The normalized spacial score (nSPS) is 18.4. The average molecular weight is 347 g/mol. The summed E-state index contributed by atoms with van der Waals surface area (Å²) in [6, 6.07) is 3.19. The highest BCUT2D eigenvalue weighted by Gasteiger charge is 2.27. The maximum atomic E-state index is 12.5. The van der Waals surface area contributed by atoms with Crippen molar-refractivity contribution in [2.75, 3.05) is 25.5 Å². The van der Waals surface area contributed by atoms with Crippen LogP contribution in [0.1, 0.15) is 38.7 Å². The Kier molecular flexibility index (Phi) is 6.61. The summed E-state index contributed by atoms with van der Waals surface area (Å²) in [5, 5.41) is 5.50. The first-order chi connectivity index (χ1) is 11.9. The Bertz CT molecular complexity index is 588. The second-order valence-corrected chi connectivity index (χ2v) is 6.84. The second kappa shape index (κ2) is 8.69. The van der Waals surface area contributed by atoms with Crippen molar-refractivity contribution in [3.63, 3.8) is 0 Å². The second-order valence-electron chi connectivity index (χ2n) is 6.84. The van der Waals surface area contributed by atoms with Gasteiger partial charge in [-0.05, 0) is 44.7 Å². The molecule has 2 N–H and O–H groups in total. The standard InChI is InChI=1S/C18H29N5O2/c1-13-7-5-6-10-23(13)17(24)14(2)21-18(25)20-12-15-8-9-16(19-11-15)22(3)4/h8-9,11,13-14H,5-7,10,12H2,1-4H3,(H2,20,21,25). The molecule has 1 aliphatic heterocycles. The van der Waals surface area contributed by atoms with Crippen LogP contribution in [0.3, 0.4) is 0 Å². The van der Waals surface area contributed by atoms with Gasteiger partial charge in [0.15, 0.2) is 0 Å². The molecule has 1 aromatic rings. The topological polar surface area (TPSA) is 77.6 Å². The van der Waals surface area contributed by atoms with Gasteiger partial charge in [0, 0.05) is 39.4 Å². The summed E-state index contributed by atoms with van der Waals surface area (Å²) >= 11 is 0. The van der Waals surface area contributed by atoms with Crippen molar-refractivity contribution >= 4 is 17.8 Å². The van der Waals surface area contributed by atoms with Gasteiger partial charge < -0.3 is 20.4 Å². The van der Waals surface area contributed by atoms with Gasteiger partial charge in [-0.1, -0.05) is 6.07 Å². The zero-order valence-corrected chi connectivity index (χ0v) is 15.6. The summed E-state index contributed by atoms with van der Waals surface area (Å²) in [6.45, 7) is 4.94. The molecule has 1 fully saturated rings. The zero-order valence-electron chi connectivity index (χ0n) is 15.6. The molecule has 0 bridgehead atoms. The molecule has 1 aliphatic rings. The monoisotopic (exact) mass is 347 g/mol. The fourth-order valence-electron chi connectivity index (χ4n) is 2.95. The van der Waals surface area contributed by atoms with E-state index in [2.05, 4.69) is 22.5 Å². The number of carbonyl (C=O) groups excluding carboxylic acids is 2. The third kappa shape index (κ3) is 5.34. The lowest BCUT2D eigenvalue weighted by Gasteiger charge is -2.35. The lowest BCUT2D eigenvalue weighted by molar-refractivity contribution is -0.136. The number of nitrogens with one attached hydrogen (secondary N) is 2. The van der Waals surface area contributed by atoms with E-state index in [0.717, 1.165) is 37.2 Å². The third-order valence-corrected chi connectivity index (χ3v) is 4.52.